The van der Waals surface area contributed by atoms with E-state index in [1.54, 1.807) is 30.5 Å². The van der Waals surface area contributed by atoms with Crippen molar-refractivity contribution >= 4 is 33.2 Å². The number of hydrogen-bond acceptors (Lipinski definition) is 6. The summed E-state index contributed by atoms with van der Waals surface area (Å²) in [5, 5.41) is 3.46. The number of nitrogens with zero attached hydrogens (tertiary/aromatic N) is 3. The molecule has 0 aliphatic carbocycles. The van der Waals surface area contributed by atoms with Crippen molar-refractivity contribution in [3.8, 4) is 16.9 Å². The average Bonchev–Trinajstić information content (AvgIpc) is 3.28. The van der Waals surface area contributed by atoms with Gasteiger partial charge in [-0.2, -0.15) is 13.2 Å². The van der Waals surface area contributed by atoms with Crippen molar-refractivity contribution in [2.24, 2.45) is 0 Å². The number of halogens is 5. The van der Waals surface area contributed by atoms with Crippen molar-refractivity contribution in [2.45, 2.75) is 44.9 Å². The minimum atomic E-state index is -4.62. The number of benzene rings is 1. The smallest absolute Gasteiger partial charge is 0.406 e. The van der Waals surface area contributed by atoms with Gasteiger partial charge in [0.1, 0.15) is 24.6 Å². The first-order valence-electron chi connectivity index (χ1n) is 12.1. The number of fused-ring (bicyclic) bond motifs is 1. The first-order valence-corrected chi connectivity index (χ1v) is 13.3. The monoisotopic (exact) mass is 582 g/mol. The Morgan fingerprint density at radius 1 is 1.21 bits per heavy atom. The molecule has 7 nitrogen and oxygen atoms in total. The number of piperidine rings is 1. The van der Waals surface area contributed by atoms with Crippen LogP contribution in [0.15, 0.2) is 52.3 Å². The number of aromatic nitrogens is 3. The van der Waals surface area contributed by atoms with Gasteiger partial charge in [-0.25, -0.2) is 9.18 Å². The molecule has 0 amide bonds. The SMILES string of the molecule is Cc1cc(Cl)cc(-c2ccnc3cc(Cn4c(=O)ccn(CC(F)(F)F)c4=O)sc23)c1O[C@H]1CCNC[C@@H]1F. The quantitative estimate of drug-likeness (QED) is 0.326. The highest BCUT2D eigenvalue weighted by molar-refractivity contribution is 7.19. The number of rotatable bonds is 6. The fourth-order valence-electron chi connectivity index (χ4n) is 4.62. The molecule has 4 aromatic rings. The maximum Gasteiger partial charge on any atom is 0.406 e. The molecule has 1 fully saturated rings. The van der Waals surface area contributed by atoms with Gasteiger partial charge in [-0.15, -0.1) is 11.3 Å². The summed E-state index contributed by atoms with van der Waals surface area (Å²) in [6.07, 6.45) is -3.51. The molecule has 1 aromatic carbocycles. The Kier molecular flexibility index (Phi) is 7.53. The van der Waals surface area contributed by atoms with E-state index < -0.39 is 36.2 Å². The van der Waals surface area contributed by atoms with Crippen LogP contribution in [0.1, 0.15) is 16.9 Å². The lowest BCUT2D eigenvalue weighted by molar-refractivity contribution is -0.141. The number of hydrogen-bond donors (Lipinski definition) is 1. The molecular weight excluding hydrogens is 560 g/mol. The van der Waals surface area contributed by atoms with E-state index >= 15 is 0 Å². The Balaban J connectivity index is 1.56. The van der Waals surface area contributed by atoms with Crippen molar-refractivity contribution in [3.05, 3.63) is 79.0 Å². The van der Waals surface area contributed by atoms with Crippen LogP contribution in [-0.2, 0) is 13.1 Å². The average molecular weight is 583 g/mol. The largest absolute Gasteiger partial charge is 0.486 e. The van der Waals surface area contributed by atoms with E-state index in [4.69, 9.17) is 16.3 Å². The Morgan fingerprint density at radius 2 is 2.00 bits per heavy atom. The molecule has 0 bridgehead atoms. The Bertz CT molecular complexity index is 1650. The highest BCUT2D eigenvalue weighted by Crippen LogP contribution is 2.42. The molecule has 5 rings (SSSR count). The highest BCUT2D eigenvalue weighted by Gasteiger charge is 2.30. The van der Waals surface area contributed by atoms with Crippen molar-refractivity contribution in [1.29, 1.82) is 0 Å². The lowest BCUT2D eigenvalue weighted by Crippen LogP contribution is -2.44. The zero-order chi connectivity index (χ0) is 27.9. The summed E-state index contributed by atoms with van der Waals surface area (Å²) in [7, 11) is 0. The number of alkyl halides is 4. The molecule has 1 aliphatic heterocycles. The topological polar surface area (TPSA) is 78.2 Å². The molecule has 0 spiro atoms. The summed E-state index contributed by atoms with van der Waals surface area (Å²) in [5.74, 6) is 0.491. The first kappa shape index (κ1) is 27.4. The number of thiophene rings is 1. The third kappa shape index (κ3) is 5.87. The molecule has 1 saturated heterocycles. The molecule has 1 N–H and O–H groups in total. The van der Waals surface area contributed by atoms with Gasteiger partial charge in [-0.05, 0) is 49.7 Å². The highest BCUT2D eigenvalue weighted by atomic mass is 35.5. The van der Waals surface area contributed by atoms with Crippen molar-refractivity contribution < 1.29 is 22.3 Å². The lowest BCUT2D eigenvalue weighted by Gasteiger charge is -2.29. The van der Waals surface area contributed by atoms with Crippen molar-refractivity contribution in [2.75, 3.05) is 13.1 Å². The maximum atomic E-state index is 14.6. The molecule has 0 unspecified atom stereocenters. The number of ether oxygens (including phenoxy) is 1. The summed E-state index contributed by atoms with van der Waals surface area (Å²) >= 11 is 7.64. The third-order valence-corrected chi connectivity index (χ3v) is 7.77. The molecule has 13 heteroatoms. The normalized spacial score (nSPS) is 18.0. The van der Waals surface area contributed by atoms with Gasteiger partial charge in [0, 0.05) is 46.0 Å². The van der Waals surface area contributed by atoms with E-state index in [9.17, 15) is 27.2 Å². The van der Waals surface area contributed by atoms with Crippen molar-refractivity contribution in [3.63, 3.8) is 0 Å². The second kappa shape index (κ2) is 10.7. The number of pyridine rings is 1. The summed E-state index contributed by atoms with van der Waals surface area (Å²) in [5.41, 5.74) is 0.848. The van der Waals surface area contributed by atoms with Gasteiger partial charge in [0.25, 0.3) is 5.56 Å². The third-order valence-electron chi connectivity index (χ3n) is 6.41. The van der Waals surface area contributed by atoms with Crippen LogP contribution in [0.3, 0.4) is 0 Å². The van der Waals surface area contributed by atoms with E-state index in [2.05, 4.69) is 10.3 Å². The van der Waals surface area contributed by atoms with Gasteiger partial charge in [0.2, 0.25) is 0 Å². The molecule has 206 valence electrons. The zero-order valence-corrected chi connectivity index (χ0v) is 22.2. The van der Waals surface area contributed by atoms with Crippen LogP contribution in [-0.4, -0.2) is 45.7 Å². The van der Waals surface area contributed by atoms with E-state index in [0.29, 0.717) is 54.5 Å². The molecule has 0 radical (unpaired) electrons. The van der Waals surface area contributed by atoms with Gasteiger partial charge >= 0.3 is 11.9 Å². The van der Waals surface area contributed by atoms with E-state index in [0.717, 1.165) is 22.4 Å². The van der Waals surface area contributed by atoms with Crippen LogP contribution in [0.2, 0.25) is 5.02 Å². The van der Waals surface area contributed by atoms with Gasteiger partial charge in [0.05, 0.1) is 16.8 Å². The molecule has 39 heavy (non-hydrogen) atoms. The van der Waals surface area contributed by atoms with Crippen LogP contribution in [0, 0.1) is 6.92 Å². The Morgan fingerprint density at radius 3 is 2.74 bits per heavy atom. The van der Waals surface area contributed by atoms with Gasteiger partial charge in [0.15, 0.2) is 0 Å². The summed E-state index contributed by atoms with van der Waals surface area (Å²) in [6, 6.07) is 7.84. The Labute approximate surface area is 228 Å². The maximum absolute atomic E-state index is 14.6. The first-order chi connectivity index (χ1) is 18.5. The summed E-state index contributed by atoms with van der Waals surface area (Å²) in [4.78, 5) is 30.0. The minimum absolute atomic E-state index is 0.198. The second-order valence-corrected chi connectivity index (χ2v) is 10.9. The van der Waals surface area contributed by atoms with Crippen LogP contribution >= 0.6 is 22.9 Å². The van der Waals surface area contributed by atoms with Crippen LogP contribution < -0.4 is 21.3 Å². The van der Waals surface area contributed by atoms with Crippen molar-refractivity contribution in [1.82, 2.24) is 19.4 Å². The molecule has 2 atom stereocenters. The molecular formula is C26H23ClF4N4O3S. The fourth-order valence-corrected chi connectivity index (χ4v) is 6.02. The summed E-state index contributed by atoms with van der Waals surface area (Å²) < 4.78 is 61.4. The molecule has 1 aliphatic rings. The predicted octanol–water partition coefficient (Wildman–Crippen LogP) is 4.94. The van der Waals surface area contributed by atoms with E-state index in [-0.39, 0.29) is 13.1 Å². The predicted molar refractivity (Wildman–Crippen MR) is 142 cm³/mol. The fraction of sp³-hybridized carbons (Fsp3) is 0.346. The molecule has 0 saturated carbocycles. The minimum Gasteiger partial charge on any atom is -0.486 e. The van der Waals surface area contributed by atoms with E-state index in [1.807, 2.05) is 6.92 Å². The molecule has 3 aromatic heterocycles. The Hall–Kier alpha value is -3.22. The number of nitrogens with one attached hydrogen (secondary N) is 1. The van der Waals surface area contributed by atoms with Crippen LogP contribution in [0.4, 0.5) is 17.6 Å². The second-order valence-electron chi connectivity index (χ2n) is 9.32. The summed E-state index contributed by atoms with van der Waals surface area (Å²) in [6.45, 7) is 0.921. The number of aryl methyl sites for hydroxylation is 1. The standard InChI is InChI=1S/C26H23ClF4N4O3S/c1-14-8-15(27)9-18(23(14)38-21-3-5-32-11-19(21)28)17-2-6-33-20-10-16(39-24(17)20)12-35-22(36)4-7-34(25(35)37)13-26(29,30)31/h2,4,6-10,19,21,32H,3,5,11-13H2,1H3/t19-,21-/m0/s1. The zero-order valence-electron chi connectivity index (χ0n) is 20.6. The lowest BCUT2D eigenvalue weighted by atomic mass is 10.0. The van der Waals surface area contributed by atoms with Crippen LogP contribution in [0.25, 0.3) is 21.3 Å². The van der Waals surface area contributed by atoms with E-state index in [1.165, 1.54) is 11.3 Å². The van der Waals surface area contributed by atoms with Gasteiger partial charge in [-0.3, -0.25) is 18.9 Å². The molecule has 4 heterocycles. The van der Waals surface area contributed by atoms with Gasteiger partial charge in [-0.1, -0.05) is 11.6 Å². The van der Waals surface area contributed by atoms with Crippen LogP contribution in [0.5, 0.6) is 5.75 Å². The van der Waals surface area contributed by atoms with Gasteiger partial charge < -0.3 is 10.1 Å².